The minimum atomic E-state index is -0.947. The third-order valence-corrected chi connectivity index (χ3v) is 2.77. The quantitative estimate of drug-likeness (QED) is 0.658. The van der Waals surface area contributed by atoms with E-state index in [1.165, 1.54) is 0 Å². The van der Waals surface area contributed by atoms with Gasteiger partial charge in [0.25, 0.3) is 5.91 Å². The SMILES string of the molecule is CC[C@]1(C)NC(=O)N(CC(=O)NCCF)C1=O. The van der Waals surface area contributed by atoms with Crippen LogP contribution in [-0.2, 0) is 9.59 Å². The van der Waals surface area contributed by atoms with Crippen molar-refractivity contribution in [2.45, 2.75) is 25.8 Å². The monoisotopic (exact) mass is 245 g/mol. The molecule has 1 aliphatic rings. The van der Waals surface area contributed by atoms with Crippen molar-refractivity contribution in [3.05, 3.63) is 0 Å². The molecule has 2 N–H and O–H groups in total. The topological polar surface area (TPSA) is 78.5 Å². The van der Waals surface area contributed by atoms with Gasteiger partial charge in [0.1, 0.15) is 18.8 Å². The molecule has 0 radical (unpaired) electrons. The second kappa shape index (κ2) is 5.11. The highest BCUT2D eigenvalue weighted by atomic mass is 19.1. The Morgan fingerprint density at radius 3 is 2.65 bits per heavy atom. The molecule has 1 rings (SSSR count). The number of urea groups is 1. The van der Waals surface area contributed by atoms with Crippen molar-refractivity contribution in [1.82, 2.24) is 15.5 Å². The molecule has 0 aromatic heterocycles. The number of carbonyl (C=O) groups excluding carboxylic acids is 3. The lowest BCUT2D eigenvalue weighted by Crippen LogP contribution is -2.44. The number of carbonyl (C=O) groups is 3. The van der Waals surface area contributed by atoms with Gasteiger partial charge in [-0.1, -0.05) is 6.92 Å². The maximum atomic E-state index is 11.9. The number of imide groups is 1. The smallest absolute Gasteiger partial charge is 0.325 e. The molecule has 4 amide bonds. The van der Waals surface area contributed by atoms with Crippen LogP contribution >= 0.6 is 0 Å². The Labute approximate surface area is 98.5 Å². The molecule has 7 heteroatoms. The highest BCUT2D eigenvalue weighted by Gasteiger charge is 2.46. The van der Waals surface area contributed by atoms with Gasteiger partial charge >= 0.3 is 6.03 Å². The van der Waals surface area contributed by atoms with E-state index in [0.29, 0.717) is 6.42 Å². The van der Waals surface area contributed by atoms with Crippen LogP contribution in [0.3, 0.4) is 0 Å². The summed E-state index contributed by atoms with van der Waals surface area (Å²) in [5.74, 6) is -0.980. The fourth-order valence-corrected chi connectivity index (χ4v) is 1.52. The summed E-state index contributed by atoms with van der Waals surface area (Å²) in [7, 11) is 0. The van der Waals surface area contributed by atoms with Crippen LogP contribution in [0.25, 0.3) is 0 Å². The van der Waals surface area contributed by atoms with Crippen LogP contribution in [0.1, 0.15) is 20.3 Å². The maximum absolute atomic E-state index is 11.9. The Balaban J connectivity index is 2.63. The molecule has 1 aliphatic heterocycles. The molecule has 96 valence electrons. The first-order valence-corrected chi connectivity index (χ1v) is 5.41. The zero-order valence-corrected chi connectivity index (χ0v) is 9.88. The molecule has 0 aliphatic carbocycles. The molecule has 0 aromatic rings. The van der Waals surface area contributed by atoms with Crippen molar-refractivity contribution in [1.29, 1.82) is 0 Å². The Hall–Kier alpha value is -1.66. The summed E-state index contributed by atoms with van der Waals surface area (Å²) in [6.07, 6.45) is 0.445. The molecule has 0 bridgehead atoms. The Morgan fingerprint density at radius 1 is 1.53 bits per heavy atom. The number of nitrogens with zero attached hydrogens (tertiary/aromatic N) is 1. The van der Waals surface area contributed by atoms with E-state index in [4.69, 9.17) is 0 Å². The molecule has 1 atom stereocenters. The molecule has 17 heavy (non-hydrogen) atoms. The van der Waals surface area contributed by atoms with Crippen LogP contribution in [0.2, 0.25) is 0 Å². The van der Waals surface area contributed by atoms with Gasteiger partial charge in [-0.25, -0.2) is 9.18 Å². The molecule has 0 unspecified atom stereocenters. The van der Waals surface area contributed by atoms with Gasteiger partial charge in [-0.3, -0.25) is 14.5 Å². The standard InChI is InChI=1S/C10H16FN3O3/c1-3-10(2)8(16)14(9(17)13-10)6-7(15)12-5-4-11/h3-6H2,1-2H3,(H,12,15)(H,13,17)/t10-/m0/s1. The van der Waals surface area contributed by atoms with Crippen molar-refractivity contribution in [2.75, 3.05) is 19.8 Å². The van der Waals surface area contributed by atoms with E-state index in [0.717, 1.165) is 4.90 Å². The van der Waals surface area contributed by atoms with Gasteiger partial charge in [0.2, 0.25) is 5.91 Å². The number of rotatable bonds is 5. The molecular weight excluding hydrogens is 229 g/mol. The minimum absolute atomic E-state index is 0.118. The number of alkyl halides is 1. The van der Waals surface area contributed by atoms with Gasteiger partial charge in [0, 0.05) is 6.54 Å². The van der Waals surface area contributed by atoms with Crippen LogP contribution in [0.15, 0.2) is 0 Å². The number of amides is 4. The second-order valence-electron chi connectivity index (χ2n) is 4.05. The van der Waals surface area contributed by atoms with Gasteiger partial charge in [-0.15, -0.1) is 0 Å². The van der Waals surface area contributed by atoms with Gasteiger partial charge in [0.05, 0.1) is 0 Å². The zero-order valence-electron chi connectivity index (χ0n) is 9.88. The van der Waals surface area contributed by atoms with E-state index in [2.05, 4.69) is 10.6 Å². The van der Waals surface area contributed by atoms with E-state index in [-0.39, 0.29) is 13.1 Å². The minimum Gasteiger partial charge on any atom is -0.352 e. The normalized spacial score (nSPS) is 23.8. The van der Waals surface area contributed by atoms with Gasteiger partial charge < -0.3 is 10.6 Å². The van der Waals surface area contributed by atoms with E-state index in [1.54, 1.807) is 13.8 Å². The lowest BCUT2D eigenvalue weighted by molar-refractivity contribution is -0.134. The number of nitrogens with one attached hydrogen (secondary N) is 2. The third kappa shape index (κ3) is 2.72. The summed E-state index contributed by atoms with van der Waals surface area (Å²) in [5.41, 5.74) is -0.947. The maximum Gasteiger partial charge on any atom is 0.325 e. The van der Waals surface area contributed by atoms with Crippen LogP contribution in [0.5, 0.6) is 0 Å². The Morgan fingerprint density at radius 2 is 2.18 bits per heavy atom. The van der Waals surface area contributed by atoms with Crippen LogP contribution < -0.4 is 10.6 Å². The van der Waals surface area contributed by atoms with Crippen molar-refractivity contribution in [3.8, 4) is 0 Å². The second-order valence-corrected chi connectivity index (χ2v) is 4.05. The molecule has 6 nitrogen and oxygen atoms in total. The van der Waals surface area contributed by atoms with E-state index in [1.807, 2.05) is 0 Å². The Bertz CT molecular complexity index is 348. The molecule has 1 fully saturated rings. The lowest BCUT2D eigenvalue weighted by atomic mass is 9.99. The van der Waals surface area contributed by atoms with Crippen LogP contribution in [-0.4, -0.2) is 48.0 Å². The fourth-order valence-electron chi connectivity index (χ4n) is 1.52. The average molecular weight is 245 g/mol. The van der Waals surface area contributed by atoms with Gasteiger partial charge in [-0.2, -0.15) is 0 Å². The predicted molar refractivity (Wildman–Crippen MR) is 57.9 cm³/mol. The molecular formula is C10H16FN3O3. The lowest BCUT2D eigenvalue weighted by Gasteiger charge is -2.18. The van der Waals surface area contributed by atoms with Crippen molar-refractivity contribution in [3.63, 3.8) is 0 Å². The van der Waals surface area contributed by atoms with E-state index in [9.17, 15) is 18.8 Å². The summed E-state index contributed by atoms with van der Waals surface area (Å²) in [4.78, 5) is 35.5. The van der Waals surface area contributed by atoms with Crippen LogP contribution in [0, 0.1) is 0 Å². The molecule has 0 aromatic carbocycles. The highest BCUT2D eigenvalue weighted by Crippen LogP contribution is 2.20. The summed E-state index contributed by atoms with van der Waals surface area (Å²) >= 11 is 0. The summed E-state index contributed by atoms with van der Waals surface area (Å²) in [6, 6.07) is -0.588. The zero-order chi connectivity index (χ0) is 13.1. The largest absolute Gasteiger partial charge is 0.352 e. The number of hydrogen-bond acceptors (Lipinski definition) is 3. The highest BCUT2D eigenvalue weighted by molar-refractivity contribution is 6.08. The third-order valence-electron chi connectivity index (χ3n) is 2.77. The predicted octanol–water partition coefficient (Wildman–Crippen LogP) is -0.207. The fraction of sp³-hybridized carbons (Fsp3) is 0.700. The first kappa shape index (κ1) is 13.4. The van der Waals surface area contributed by atoms with E-state index < -0.39 is 30.1 Å². The average Bonchev–Trinajstić information content (AvgIpc) is 2.51. The van der Waals surface area contributed by atoms with Crippen molar-refractivity contribution in [2.24, 2.45) is 0 Å². The number of halogens is 1. The summed E-state index contributed by atoms with van der Waals surface area (Å²) in [6.45, 7) is 2.20. The van der Waals surface area contributed by atoms with Gasteiger partial charge in [-0.05, 0) is 13.3 Å². The van der Waals surface area contributed by atoms with Crippen LogP contribution in [0.4, 0.5) is 9.18 Å². The van der Waals surface area contributed by atoms with E-state index >= 15 is 0 Å². The summed E-state index contributed by atoms with van der Waals surface area (Å²) in [5, 5.41) is 4.78. The first-order valence-electron chi connectivity index (χ1n) is 5.41. The van der Waals surface area contributed by atoms with Gasteiger partial charge in [0.15, 0.2) is 0 Å². The number of hydrogen-bond donors (Lipinski definition) is 2. The summed E-state index contributed by atoms with van der Waals surface area (Å²) < 4.78 is 11.8. The first-order chi connectivity index (χ1) is 7.94. The Kier molecular flexibility index (Phi) is 4.03. The van der Waals surface area contributed by atoms with Crippen molar-refractivity contribution >= 4 is 17.8 Å². The molecule has 1 heterocycles. The molecule has 0 spiro atoms. The molecule has 1 saturated heterocycles. The van der Waals surface area contributed by atoms with Crippen molar-refractivity contribution < 1.29 is 18.8 Å². The molecule has 0 saturated carbocycles.